The molecule has 0 amide bonds. The molecule has 1 aromatic carbocycles. The second-order valence-corrected chi connectivity index (χ2v) is 3.79. The van der Waals surface area contributed by atoms with E-state index in [1.54, 1.807) is 30.6 Å². The lowest BCUT2D eigenvalue weighted by Crippen LogP contribution is -2.20. The van der Waals surface area contributed by atoms with Crippen LogP contribution in [-0.2, 0) is 6.54 Å². The van der Waals surface area contributed by atoms with Crippen molar-refractivity contribution >= 4 is 11.5 Å². The van der Waals surface area contributed by atoms with Gasteiger partial charge in [-0.3, -0.25) is 4.98 Å². The highest BCUT2D eigenvalue weighted by atomic mass is 16.3. The molecule has 0 atom stereocenters. The van der Waals surface area contributed by atoms with Gasteiger partial charge in [0.2, 0.25) is 0 Å². The van der Waals surface area contributed by atoms with Gasteiger partial charge in [-0.15, -0.1) is 0 Å². The van der Waals surface area contributed by atoms with Crippen LogP contribution >= 0.6 is 0 Å². The normalized spacial score (nSPS) is 10.3. The number of phenols is 1. The molecular formula is C13H16N4O. The molecule has 1 heterocycles. The van der Waals surface area contributed by atoms with Crippen molar-refractivity contribution in [2.24, 2.45) is 5.73 Å². The highest BCUT2D eigenvalue weighted by molar-refractivity contribution is 5.62. The van der Waals surface area contributed by atoms with Crippen molar-refractivity contribution in [1.29, 1.82) is 0 Å². The zero-order valence-electron chi connectivity index (χ0n) is 10.2. The predicted molar refractivity (Wildman–Crippen MR) is 70.7 cm³/mol. The summed E-state index contributed by atoms with van der Waals surface area (Å²) in [6.45, 7) is 3.06. The van der Waals surface area contributed by atoms with E-state index in [0.717, 1.165) is 23.7 Å². The molecule has 0 fully saturated rings. The third-order valence-electron chi connectivity index (χ3n) is 2.66. The van der Waals surface area contributed by atoms with Crippen molar-refractivity contribution in [1.82, 2.24) is 9.97 Å². The molecule has 0 radical (unpaired) electrons. The van der Waals surface area contributed by atoms with Crippen LogP contribution in [0.15, 0.2) is 36.7 Å². The first kappa shape index (κ1) is 12.3. The van der Waals surface area contributed by atoms with Gasteiger partial charge < -0.3 is 15.7 Å². The highest BCUT2D eigenvalue weighted by Crippen LogP contribution is 2.27. The Morgan fingerprint density at radius 3 is 2.72 bits per heavy atom. The van der Waals surface area contributed by atoms with Crippen LogP contribution in [0.2, 0.25) is 0 Å². The average Bonchev–Trinajstić information content (AvgIpc) is 2.40. The van der Waals surface area contributed by atoms with Gasteiger partial charge in [0.15, 0.2) is 5.82 Å². The van der Waals surface area contributed by atoms with E-state index in [-0.39, 0.29) is 5.75 Å². The molecule has 0 aliphatic rings. The van der Waals surface area contributed by atoms with E-state index in [4.69, 9.17) is 5.73 Å². The molecule has 2 aromatic rings. The summed E-state index contributed by atoms with van der Waals surface area (Å²) < 4.78 is 0. The molecule has 3 N–H and O–H groups in total. The number of aromatic hydroxyl groups is 1. The van der Waals surface area contributed by atoms with Crippen LogP contribution in [0.25, 0.3) is 0 Å². The highest BCUT2D eigenvalue weighted by Gasteiger charge is 2.13. The van der Waals surface area contributed by atoms with Crippen molar-refractivity contribution in [2.75, 3.05) is 11.4 Å². The van der Waals surface area contributed by atoms with Crippen molar-refractivity contribution < 1.29 is 5.11 Å². The Kier molecular flexibility index (Phi) is 3.74. The lowest BCUT2D eigenvalue weighted by Gasteiger charge is -2.23. The van der Waals surface area contributed by atoms with Crippen LogP contribution in [0, 0.1) is 0 Å². The largest absolute Gasteiger partial charge is 0.508 e. The second-order valence-electron chi connectivity index (χ2n) is 3.79. The Morgan fingerprint density at radius 1 is 1.28 bits per heavy atom. The minimum Gasteiger partial charge on any atom is -0.508 e. The minimum atomic E-state index is 0.226. The Labute approximate surface area is 106 Å². The minimum absolute atomic E-state index is 0.226. The summed E-state index contributed by atoms with van der Waals surface area (Å²) >= 11 is 0. The summed E-state index contributed by atoms with van der Waals surface area (Å²) in [5.41, 5.74) is 7.28. The standard InChI is InChI=1S/C13H16N4O/c1-2-17(10-4-3-5-11(18)8-10)13-12(9-14)15-6-7-16-13/h3-8,18H,2,9,14H2,1H3. The maximum Gasteiger partial charge on any atom is 0.156 e. The Bertz CT molecular complexity index is 530. The average molecular weight is 244 g/mol. The monoisotopic (exact) mass is 244 g/mol. The van der Waals surface area contributed by atoms with Gasteiger partial charge in [0.1, 0.15) is 5.75 Å². The third kappa shape index (κ3) is 2.41. The summed E-state index contributed by atoms with van der Waals surface area (Å²) in [7, 11) is 0. The molecular weight excluding hydrogens is 228 g/mol. The first-order valence-electron chi connectivity index (χ1n) is 5.82. The Morgan fingerprint density at radius 2 is 2.06 bits per heavy atom. The van der Waals surface area contributed by atoms with Gasteiger partial charge in [0.05, 0.1) is 5.69 Å². The summed E-state index contributed by atoms with van der Waals surface area (Å²) in [4.78, 5) is 10.5. The molecule has 1 aromatic heterocycles. The first-order chi connectivity index (χ1) is 8.76. The quantitative estimate of drug-likeness (QED) is 0.857. The zero-order chi connectivity index (χ0) is 13.0. The van der Waals surface area contributed by atoms with E-state index in [1.165, 1.54) is 0 Å². The van der Waals surface area contributed by atoms with Crippen LogP contribution in [0.5, 0.6) is 5.75 Å². The SMILES string of the molecule is CCN(c1cccc(O)c1)c1nccnc1CN. The number of phenolic OH excluding ortho intramolecular Hbond substituents is 1. The van der Waals surface area contributed by atoms with Gasteiger partial charge in [-0.05, 0) is 19.1 Å². The summed E-state index contributed by atoms with van der Waals surface area (Å²) in [5.74, 6) is 0.956. The van der Waals surface area contributed by atoms with Gasteiger partial charge in [-0.2, -0.15) is 0 Å². The maximum absolute atomic E-state index is 9.54. The van der Waals surface area contributed by atoms with E-state index < -0.39 is 0 Å². The van der Waals surface area contributed by atoms with Gasteiger partial charge in [0.25, 0.3) is 0 Å². The Balaban J connectivity index is 2.45. The fourth-order valence-electron chi connectivity index (χ4n) is 1.84. The van der Waals surface area contributed by atoms with E-state index in [2.05, 4.69) is 9.97 Å². The molecule has 0 aliphatic heterocycles. The fraction of sp³-hybridized carbons (Fsp3) is 0.231. The van der Waals surface area contributed by atoms with Gasteiger partial charge in [-0.25, -0.2) is 4.98 Å². The molecule has 0 spiro atoms. The molecule has 5 nitrogen and oxygen atoms in total. The zero-order valence-corrected chi connectivity index (χ0v) is 10.2. The predicted octanol–water partition coefficient (Wildman–Crippen LogP) is 1.80. The molecule has 0 aliphatic carbocycles. The van der Waals surface area contributed by atoms with Crippen LogP contribution in [-0.4, -0.2) is 21.6 Å². The van der Waals surface area contributed by atoms with Gasteiger partial charge in [0, 0.05) is 37.2 Å². The number of benzene rings is 1. The number of aromatic nitrogens is 2. The first-order valence-corrected chi connectivity index (χ1v) is 5.82. The lowest BCUT2D eigenvalue weighted by atomic mass is 10.2. The van der Waals surface area contributed by atoms with Crippen LogP contribution in [0.4, 0.5) is 11.5 Å². The summed E-state index contributed by atoms with van der Waals surface area (Å²) in [5, 5.41) is 9.54. The van der Waals surface area contributed by atoms with Crippen LogP contribution < -0.4 is 10.6 Å². The number of nitrogens with two attached hydrogens (primary N) is 1. The smallest absolute Gasteiger partial charge is 0.156 e. The molecule has 18 heavy (non-hydrogen) atoms. The van der Waals surface area contributed by atoms with E-state index in [9.17, 15) is 5.11 Å². The number of anilines is 2. The van der Waals surface area contributed by atoms with Crippen LogP contribution in [0.1, 0.15) is 12.6 Å². The second kappa shape index (κ2) is 5.46. The third-order valence-corrected chi connectivity index (χ3v) is 2.66. The van der Waals surface area contributed by atoms with Crippen LogP contribution in [0.3, 0.4) is 0 Å². The number of hydrogen-bond acceptors (Lipinski definition) is 5. The van der Waals surface area contributed by atoms with Crippen molar-refractivity contribution in [3.05, 3.63) is 42.4 Å². The molecule has 94 valence electrons. The van der Waals surface area contributed by atoms with Crippen molar-refractivity contribution in [3.8, 4) is 5.75 Å². The number of hydrogen-bond donors (Lipinski definition) is 2. The maximum atomic E-state index is 9.54. The van der Waals surface area contributed by atoms with E-state index in [1.807, 2.05) is 17.9 Å². The van der Waals surface area contributed by atoms with Crippen molar-refractivity contribution in [2.45, 2.75) is 13.5 Å². The fourth-order valence-corrected chi connectivity index (χ4v) is 1.84. The summed E-state index contributed by atoms with van der Waals surface area (Å²) in [6.07, 6.45) is 3.27. The van der Waals surface area contributed by atoms with Crippen molar-refractivity contribution in [3.63, 3.8) is 0 Å². The molecule has 5 heteroatoms. The van der Waals surface area contributed by atoms with Gasteiger partial charge in [-0.1, -0.05) is 6.07 Å². The van der Waals surface area contributed by atoms with Gasteiger partial charge >= 0.3 is 0 Å². The number of nitrogens with zero attached hydrogens (tertiary/aromatic N) is 3. The lowest BCUT2D eigenvalue weighted by molar-refractivity contribution is 0.475. The molecule has 0 saturated carbocycles. The molecule has 0 bridgehead atoms. The number of rotatable bonds is 4. The van der Waals surface area contributed by atoms with E-state index >= 15 is 0 Å². The van der Waals surface area contributed by atoms with E-state index in [0.29, 0.717) is 6.54 Å². The molecule has 2 rings (SSSR count). The Hall–Kier alpha value is -2.14. The molecule has 0 saturated heterocycles. The topological polar surface area (TPSA) is 75.3 Å². The molecule has 0 unspecified atom stereocenters. The summed E-state index contributed by atoms with van der Waals surface area (Å²) in [6, 6.07) is 7.04.